The fraction of sp³-hybridized carbons (Fsp3) is 0.0645. The van der Waals surface area contributed by atoms with E-state index in [1.165, 1.54) is 11.8 Å². The van der Waals surface area contributed by atoms with Crippen molar-refractivity contribution in [2.45, 2.75) is 17.1 Å². The summed E-state index contributed by atoms with van der Waals surface area (Å²) in [5, 5.41) is 8.50. The fourth-order valence-electron chi connectivity index (χ4n) is 3.53. The Hall–Kier alpha value is -4.33. The number of carbonyl (C=O) groups is 3. The van der Waals surface area contributed by atoms with Gasteiger partial charge in [-0.3, -0.25) is 14.4 Å². The van der Waals surface area contributed by atoms with E-state index in [1.54, 1.807) is 66.7 Å². The maximum atomic E-state index is 13.2. The van der Waals surface area contributed by atoms with Gasteiger partial charge in [0.15, 0.2) is 0 Å². The standard InChI is InChI=1S/C31H26ClN3O3S/c1-21(29(36)34-27-15-9-8-14-26(27)32)39-25-18-16-24(17-19-25)33-31(38)28(20-22-10-4-2-5-11-22)35-30(37)23-12-6-3-7-13-23/h2-21H,1H3,(H,33,38)(H,34,36)(H,35,37)/b28-20-. The highest BCUT2D eigenvalue weighted by Crippen LogP contribution is 2.27. The highest BCUT2D eigenvalue weighted by molar-refractivity contribution is 8.00. The minimum Gasteiger partial charge on any atom is -0.324 e. The minimum absolute atomic E-state index is 0.110. The topological polar surface area (TPSA) is 87.3 Å². The van der Waals surface area contributed by atoms with Gasteiger partial charge in [0.1, 0.15) is 5.70 Å². The average Bonchev–Trinajstić information content (AvgIpc) is 2.96. The molecule has 4 aromatic carbocycles. The molecule has 1 unspecified atom stereocenters. The number of carbonyl (C=O) groups excluding carboxylic acids is 3. The molecule has 0 fully saturated rings. The van der Waals surface area contributed by atoms with Gasteiger partial charge < -0.3 is 16.0 Å². The van der Waals surface area contributed by atoms with Crippen LogP contribution in [0.4, 0.5) is 11.4 Å². The van der Waals surface area contributed by atoms with Crippen LogP contribution in [0.5, 0.6) is 0 Å². The summed E-state index contributed by atoms with van der Waals surface area (Å²) in [4.78, 5) is 39.4. The highest BCUT2D eigenvalue weighted by atomic mass is 35.5. The second-order valence-electron chi connectivity index (χ2n) is 8.50. The number of halogens is 1. The van der Waals surface area contributed by atoms with Crippen molar-refractivity contribution in [2.24, 2.45) is 0 Å². The average molecular weight is 556 g/mol. The van der Waals surface area contributed by atoms with Gasteiger partial charge in [-0.2, -0.15) is 0 Å². The van der Waals surface area contributed by atoms with E-state index in [0.717, 1.165) is 10.5 Å². The molecular formula is C31H26ClN3O3S. The Balaban J connectivity index is 1.42. The van der Waals surface area contributed by atoms with Gasteiger partial charge in [-0.15, -0.1) is 11.8 Å². The molecule has 0 bridgehead atoms. The first-order chi connectivity index (χ1) is 18.9. The summed E-state index contributed by atoms with van der Waals surface area (Å²) in [7, 11) is 0. The van der Waals surface area contributed by atoms with E-state index >= 15 is 0 Å². The number of hydrogen-bond donors (Lipinski definition) is 3. The van der Waals surface area contributed by atoms with Gasteiger partial charge >= 0.3 is 0 Å². The second-order valence-corrected chi connectivity index (χ2v) is 10.3. The van der Waals surface area contributed by atoms with Crippen molar-refractivity contribution < 1.29 is 14.4 Å². The zero-order valence-corrected chi connectivity index (χ0v) is 22.6. The van der Waals surface area contributed by atoms with Crippen molar-refractivity contribution in [1.29, 1.82) is 0 Å². The molecule has 0 aliphatic carbocycles. The smallest absolute Gasteiger partial charge is 0.272 e. The summed E-state index contributed by atoms with van der Waals surface area (Å²) < 4.78 is 0. The molecule has 3 amide bonds. The lowest BCUT2D eigenvalue weighted by atomic mass is 10.1. The first-order valence-corrected chi connectivity index (χ1v) is 13.4. The van der Waals surface area contributed by atoms with Gasteiger partial charge in [0, 0.05) is 16.1 Å². The molecule has 6 nitrogen and oxygen atoms in total. The van der Waals surface area contributed by atoms with Gasteiger partial charge in [-0.1, -0.05) is 72.3 Å². The second kappa shape index (κ2) is 13.5. The molecule has 4 aromatic rings. The molecule has 3 N–H and O–H groups in total. The predicted octanol–water partition coefficient (Wildman–Crippen LogP) is 6.87. The summed E-state index contributed by atoms with van der Waals surface area (Å²) >= 11 is 7.52. The first kappa shape index (κ1) is 27.7. The van der Waals surface area contributed by atoms with E-state index < -0.39 is 5.91 Å². The summed E-state index contributed by atoms with van der Waals surface area (Å²) in [5.41, 5.74) is 2.43. The van der Waals surface area contributed by atoms with E-state index in [-0.39, 0.29) is 22.8 Å². The van der Waals surface area contributed by atoms with Crippen molar-refractivity contribution in [1.82, 2.24) is 5.32 Å². The molecular weight excluding hydrogens is 530 g/mol. The minimum atomic E-state index is -0.462. The van der Waals surface area contributed by atoms with Crippen LogP contribution in [0.15, 0.2) is 120 Å². The summed E-state index contributed by atoms with van der Waals surface area (Å²) in [5.74, 6) is -1.02. The van der Waals surface area contributed by atoms with E-state index in [1.807, 2.05) is 55.5 Å². The van der Waals surface area contributed by atoms with Crippen LogP contribution in [0.25, 0.3) is 6.08 Å². The number of para-hydroxylation sites is 1. The molecule has 39 heavy (non-hydrogen) atoms. The molecule has 1 atom stereocenters. The molecule has 0 heterocycles. The fourth-order valence-corrected chi connectivity index (χ4v) is 4.58. The molecule has 0 radical (unpaired) electrons. The first-order valence-electron chi connectivity index (χ1n) is 12.2. The lowest BCUT2D eigenvalue weighted by Gasteiger charge is -2.14. The van der Waals surface area contributed by atoms with Crippen molar-refractivity contribution in [3.05, 3.63) is 131 Å². The van der Waals surface area contributed by atoms with Crippen molar-refractivity contribution in [3.63, 3.8) is 0 Å². The van der Waals surface area contributed by atoms with E-state index in [9.17, 15) is 14.4 Å². The Labute approximate surface area is 236 Å². The third-order valence-electron chi connectivity index (χ3n) is 5.57. The Morgan fingerprint density at radius 3 is 2.05 bits per heavy atom. The molecule has 0 aromatic heterocycles. The molecule has 0 aliphatic heterocycles. The Kier molecular flexibility index (Phi) is 9.56. The normalized spacial score (nSPS) is 11.8. The van der Waals surface area contributed by atoms with Gasteiger partial charge in [0.25, 0.3) is 11.8 Å². The van der Waals surface area contributed by atoms with Crippen LogP contribution in [-0.4, -0.2) is 23.0 Å². The van der Waals surface area contributed by atoms with Gasteiger partial charge in [0.2, 0.25) is 5.91 Å². The quantitative estimate of drug-likeness (QED) is 0.155. The van der Waals surface area contributed by atoms with Crippen LogP contribution >= 0.6 is 23.4 Å². The molecule has 0 saturated heterocycles. The zero-order chi connectivity index (χ0) is 27.6. The van der Waals surface area contributed by atoms with E-state index in [0.29, 0.717) is 22.0 Å². The van der Waals surface area contributed by atoms with Crippen LogP contribution in [0.2, 0.25) is 5.02 Å². The molecule has 8 heteroatoms. The molecule has 0 saturated carbocycles. The number of hydrogen-bond acceptors (Lipinski definition) is 4. The summed E-state index contributed by atoms with van der Waals surface area (Å²) in [6, 6.07) is 32.2. The number of benzene rings is 4. The van der Waals surface area contributed by atoms with Crippen molar-refractivity contribution >= 4 is 58.5 Å². The highest BCUT2D eigenvalue weighted by Gasteiger charge is 2.17. The number of amides is 3. The lowest BCUT2D eigenvalue weighted by Crippen LogP contribution is -2.30. The zero-order valence-electron chi connectivity index (χ0n) is 21.1. The Morgan fingerprint density at radius 1 is 0.769 bits per heavy atom. The number of anilines is 2. The Bertz CT molecular complexity index is 1480. The monoisotopic (exact) mass is 555 g/mol. The summed E-state index contributed by atoms with van der Waals surface area (Å²) in [6.45, 7) is 1.81. The van der Waals surface area contributed by atoms with Gasteiger partial charge in [-0.05, 0) is 67.1 Å². The van der Waals surface area contributed by atoms with E-state index in [4.69, 9.17) is 11.6 Å². The number of thioether (sulfide) groups is 1. The third kappa shape index (κ3) is 8.07. The van der Waals surface area contributed by atoms with Crippen LogP contribution in [0.1, 0.15) is 22.8 Å². The van der Waals surface area contributed by atoms with Crippen LogP contribution in [0.3, 0.4) is 0 Å². The van der Waals surface area contributed by atoms with E-state index in [2.05, 4.69) is 16.0 Å². The van der Waals surface area contributed by atoms with Crippen LogP contribution in [-0.2, 0) is 9.59 Å². The third-order valence-corrected chi connectivity index (χ3v) is 7.01. The number of nitrogens with one attached hydrogen (secondary N) is 3. The van der Waals surface area contributed by atoms with Gasteiger partial charge in [0.05, 0.1) is 16.0 Å². The maximum absolute atomic E-state index is 13.2. The van der Waals surface area contributed by atoms with Crippen LogP contribution in [0, 0.1) is 0 Å². The van der Waals surface area contributed by atoms with Gasteiger partial charge in [-0.25, -0.2) is 0 Å². The van der Waals surface area contributed by atoms with Crippen molar-refractivity contribution in [2.75, 3.05) is 10.6 Å². The van der Waals surface area contributed by atoms with Crippen LogP contribution < -0.4 is 16.0 Å². The number of rotatable bonds is 9. The summed E-state index contributed by atoms with van der Waals surface area (Å²) in [6.07, 6.45) is 1.62. The molecule has 0 aliphatic rings. The molecule has 4 rings (SSSR count). The SMILES string of the molecule is CC(Sc1ccc(NC(=O)/C(=C/c2ccccc2)NC(=O)c2ccccc2)cc1)C(=O)Nc1ccccc1Cl. The largest absolute Gasteiger partial charge is 0.324 e. The molecule has 0 spiro atoms. The maximum Gasteiger partial charge on any atom is 0.272 e. The predicted molar refractivity (Wildman–Crippen MR) is 159 cm³/mol. The Morgan fingerprint density at radius 2 is 1.38 bits per heavy atom. The van der Waals surface area contributed by atoms with Crippen molar-refractivity contribution in [3.8, 4) is 0 Å². The molecule has 196 valence electrons. The lowest BCUT2D eigenvalue weighted by molar-refractivity contribution is -0.115.